The van der Waals surface area contributed by atoms with E-state index in [2.05, 4.69) is 40.8 Å². The Morgan fingerprint density at radius 1 is 1.07 bits per heavy atom. The van der Waals surface area contributed by atoms with Crippen molar-refractivity contribution >= 4 is 5.91 Å². The van der Waals surface area contributed by atoms with Crippen molar-refractivity contribution in [2.45, 2.75) is 51.3 Å². The third-order valence-electron chi connectivity index (χ3n) is 6.30. The lowest BCUT2D eigenvalue weighted by Gasteiger charge is -2.42. The summed E-state index contributed by atoms with van der Waals surface area (Å²) in [6.07, 6.45) is 2.65. The fourth-order valence-corrected chi connectivity index (χ4v) is 4.47. The molecule has 0 aliphatic carbocycles. The van der Waals surface area contributed by atoms with E-state index in [0.717, 1.165) is 71.9 Å². The molecule has 0 saturated carbocycles. The molecule has 7 heteroatoms. The van der Waals surface area contributed by atoms with Crippen molar-refractivity contribution in [3.8, 4) is 0 Å². The first-order valence-corrected chi connectivity index (χ1v) is 10.6. The van der Waals surface area contributed by atoms with Crippen LogP contribution in [0.1, 0.15) is 33.6 Å². The molecule has 0 radical (unpaired) electrons. The van der Waals surface area contributed by atoms with Gasteiger partial charge in [0.15, 0.2) is 0 Å². The van der Waals surface area contributed by atoms with Gasteiger partial charge < -0.3 is 14.8 Å². The molecule has 3 rings (SSSR count). The third kappa shape index (κ3) is 6.12. The Morgan fingerprint density at radius 2 is 1.78 bits per heavy atom. The van der Waals surface area contributed by atoms with Crippen LogP contribution in [0.3, 0.4) is 0 Å². The van der Waals surface area contributed by atoms with Crippen molar-refractivity contribution < 1.29 is 14.3 Å². The zero-order valence-corrected chi connectivity index (χ0v) is 17.4. The fraction of sp³-hybridized carbons (Fsp3) is 0.950. The van der Waals surface area contributed by atoms with E-state index in [0.29, 0.717) is 25.2 Å². The van der Waals surface area contributed by atoms with Crippen molar-refractivity contribution in [2.24, 2.45) is 0 Å². The largest absolute Gasteiger partial charge is 0.379 e. The number of likely N-dealkylation sites (tertiary alicyclic amines) is 1. The first-order chi connectivity index (χ1) is 12.9. The van der Waals surface area contributed by atoms with Gasteiger partial charge >= 0.3 is 0 Å². The standard InChI is InChI=1S/C20H38N4O3/c1-17-14-23(8-13-27-17)18-4-6-22(7-5-18)15-19(25)21-16-20(2,3)24-9-11-26-12-10-24/h17-18H,4-16H2,1-3H3,(H,21,25). The Morgan fingerprint density at radius 3 is 2.44 bits per heavy atom. The lowest BCUT2D eigenvalue weighted by molar-refractivity contribution is -0.123. The minimum atomic E-state index is -0.0283. The number of carbonyl (C=O) groups excluding carboxylic acids is 1. The number of hydrogen-bond donors (Lipinski definition) is 1. The van der Waals surface area contributed by atoms with Crippen LogP contribution in [0, 0.1) is 0 Å². The maximum Gasteiger partial charge on any atom is 0.234 e. The summed E-state index contributed by atoms with van der Waals surface area (Å²) in [6, 6.07) is 0.649. The number of carbonyl (C=O) groups is 1. The predicted octanol–water partition coefficient (Wildman–Crippen LogP) is 0.399. The van der Waals surface area contributed by atoms with E-state index in [1.165, 1.54) is 0 Å². The van der Waals surface area contributed by atoms with Crippen LogP contribution in [-0.4, -0.2) is 110 Å². The smallest absolute Gasteiger partial charge is 0.234 e. The van der Waals surface area contributed by atoms with Crippen LogP contribution in [0.15, 0.2) is 0 Å². The second kappa shape index (κ2) is 9.65. The average molecular weight is 383 g/mol. The van der Waals surface area contributed by atoms with E-state index < -0.39 is 0 Å². The zero-order valence-electron chi connectivity index (χ0n) is 17.4. The predicted molar refractivity (Wildman–Crippen MR) is 106 cm³/mol. The first kappa shape index (κ1) is 21.0. The molecular weight excluding hydrogens is 344 g/mol. The lowest BCUT2D eigenvalue weighted by Crippen LogP contribution is -2.56. The van der Waals surface area contributed by atoms with Crippen LogP contribution in [0.2, 0.25) is 0 Å². The highest BCUT2D eigenvalue weighted by Crippen LogP contribution is 2.19. The van der Waals surface area contributed by atoms with Crippen molar-refractivity contribution in [1.29, 1.82) is 0 Å². The van der Waals surface area contributed by atoms with Crippen LogP contribution in [0.5, 0.6) is 0 Å². The molecule has 1 N–H and O–H groups in total. The quantitative estimate of drug-likeness (QED) is 0.718. The highest BCUT2D eigenvalue weighted by atomic mass is 16.5. The number of nitrogens with one attached hydrogen (secondary N) is 1. The molecule has 27 heavy (non-hydrogen) atoms. The third-order valence-corrected chi connectivity index (χ3v) is 6.30. The number of piperidine rings is 1. The van der Waals surface area contributed by atoms with E-state index in [9.17, 15) is 4.79 Å². The lowest BCUT2D eigenvalue weighted by atomic mass is 10.0. The molecule has 0 aromatic heterocycles. The highest BCUT2D eigenvalue weighted by Gasteiger charge is 2.30. The molecule has 0 spiro atoms. The van der Waals surface area contributed by atoms with Crippen LogP contribution >= 0.6 is 0 Å². The van der Waals surface area contributed by atoms with E-state index in [1.807, 2.05) is 0 Å². The summed E-state index contributed by atoms with van der Waals surface area (Å²) in [7, 11) is 0. The summed E-state index contributed by atoms with van der Waals surface area (Å²) in [5.74, 6) is 0.148. The van der Waals surface area contributed by atoms with Gasteiger partial charge in [0.25, 0.3) is 0 Å². The minimum Gasteiger partial charge on any atom is -0.379 e. The summed E-state index contributed by atoms with van der Waals surface area (Å²) in [4.78, 5) is 19.7. The minimum absolute atomic E-state index is 0.0283. The molecule has 7 nitrogen and oxygen atoms in total. The number of ether oxygens (including phenoxy) is 2. The monoisotopic (exact) mass is 382 g/mol. The van der Waals surface area contributed by atoms with Gasteiger partial charge in [-0.15, -0.1) is 0 Å². The highest BCUT2D eigenvalue weighted by molar-refractivity contribution is 5.78. The van der Waals surface area contributed by atoms with Gasteiger partial charge in [-0.3, -0.25) is 19.5 Å². The Balaban J connectivity index is 1.35. The molecule has 0 bridgehead atoms. The molecule has 1 amide bonds. The van der Waals surface area contributed by atoms with E-state index in [1.54, 1.807) is 0 Å². The molecule has 3 saturated heterocycles. The second-order valence-electron chi connectivity index (χ2n) is 8.87. The van der Waals surface area contributed by atoms with Crippen LogP contribution in [0.25, 0.3) is 0 Å². The van der Waals surface area contributed by atoms with Crippen molar-refractivity contribution in [3.05, 3.63) is 0 Å². The van der Waals surface area contributed by atoms with Gasteiger partial charge in [-0.1, -0.05) is 0 Å². The van der Waals surface area contributed by atoms with Gasteiger partial charge in [0.2, 0.25) is 5.91 Å². The summed E-state index contributed by atoms with van der Waals surface area (Å²) >= 11 is 0. The summed E-state index contributed by atoms with van der Waals surface area (Å²) in [5.41, 5.74) is -0.0283. The van der Waals surface area contributed by atoms with Crippen LogP contribution < -0.4 is 5.32 Å². The topological polar surface area (TPSA) is 57.3 Å². The number of nitrogens with zero attached hydrogens (tertiary/aromatic N) is 3. The van der Waals surface area contributed by atoms with Gasteiger partial charge in [0, 0.05) is 57.4 Å². The molecule has 3 fully saturated rings. The van der Waals surface area contributed by atoms with Crippen LogP contribution in [0.4, 0.5) is 0 Å². The van der Waals surface area contributed by atoms with E-state index >= 15 is 0 Å². The summed E-state index contributed by atoms with van der Waals surface area (Å²) in [5, 5.41) is 3.16. The Kier molecular flexibility index (Phi) is 7.50. The zero-order chi connectivity index (χ0) is 19.3. The molecular formula is C20H38N4O3. The van der Waals surface area contributed by atoms with Gasteiger partial charge in [-0.2, -0.15) is 0 Å². The van der Waals surface area contributed by atoms with E-state index in [4.69, 9.17) is 9.47 Å². The molecule has 156 valence electrons. The maximum absolute atomic E-state index is 12.4. The van der Waals surface area contributed by atoms with Crippen LogP contribution in [-0.2, 0) is 14.3 Å². The van der Waals surface area contributed by atoms with Gasteiger partial charge in [-0.05, 0) is 33.6 Å². The van der Waals surface area contributed by atoms with E-state index in [-0.39, 0.29) is 11.4 Å². The molecule has 3 aliphatic heterocycles. The SMILES string of the molecule is CC1CN(C2CCN(CC(=O)NCC(C)(C)N3CCOCC3)CC2)CCO1. The number of amides is 1. The fourth-order valence-electron chi connectivity index (χ4n) is 4.47. The van der Waals surface area contributed by atoms with Crippen molar-refractivity contribution in [3.63, 3.8) is 0 Å². The molecule has 3 aliphatic rings. The normalized spacial score (nSPS) is 27.6. The molecule has 3 heterocycles. The average Bonchev–Trinajstić information content (AvgIpc) is 2.68. The molecule has 0 aromatic rings. The maximum atomic E-state index is 12.4. The number of hydrogen-bond acceptors (Lipinski definition) is 6. The number of rotatable bonds is 6. The number of morpholine rings is 2. The van der Waals surface area contributed by atoms with Gasteiger partial charge in [-0.25, -0.2) is 0 Å². The Bertz CT molecular complexity index is 474. The summed E-state index contributed by atoms with van der Waals surface area (Å²) < 4.78 is 11.1. The Hall–Kier alpha value is -0.730. The first-order valence-electron chi connectivity index (χ1n) is 10.6. The molecule has 1 atom stereocenters. The van der Waals surface area contributed by atoms with Crippen molar-refractivity contribution in [1.82, 2.24) is 20.0 Å². The summed E-state index contributed by atoms with van der Waals surface area (Å²) in [6.45, 7) is 16.2. The second-order valence-corrected chi connectivity index (χ2v) is 8.87. The van der Waals surface area contributed by atoms with Gasteiger partial charge in [0.05, 0.1) is 32.5 Å². The molecule has 1 unspecified atom stereocenters. The van der Waals surface area contributed by atoms with Crippen molar-refractivity contribution in [2.75, 3.05) is 72.2 Å². The Labute approximate surface area is 164 Å². The van der Waals surface area contributed by atoms with Gasteiger partial charge in [0.1, 0.15) is 0 Å². The molecule has 0 aromatic carbocycles.